The second kappa shape index (κ2) is 11.7. The molecule has 11 nitrogen and oxygen atoms in total. The summed E-state index contributed by atoms with van der Waals surface area (Å²) < 4.78 is 49.8. The maximum absolute atomic E-state index is 13.6. The minimum absolute atomic E-state index is 0.00120. The van der Waals surface area contributed by atoms with E-state index in [4.69, 9.17) is 4.74 Å². The molecule has 204 valence electrons. The van der Waals surface area contributed by atoms with E-state index in [2.05, 4.69) is 9.82 Å². The number of ether oxygens (including phenoxy) is 1. The van der Waals surface area contributed by atoms with E-state index in [0.717, 1.165) is 18.6 Å². The number of nitrogens with one attached hydrogen (secondary N) is 1. The molecule has 0 aliphatic carbocycles. The van der Waals surface area contributed by atoms with Crippen LogP contribution in [0.5, 0.6) is 11.6 Å². The lowest BCUT2D eigenvalue weighted by Gasteiger charge is -2.16. The molecule has 2 aromatic carbocycles. The Morgan fingerprint density at radius 1 is 1.24 bits per heavy atom. The molecule has 0 unspecified atom stereocenters. The van der Waals surface area contributed by atoms with Gasteiger partial charge in [0.2, 0.25) is 15.9 Å². The van der Waals surface area contributed by atoms with Crippen LogP contribution in [-0.2, 0) is 10.0 Å². The Kier molecular flexibility index (Phi) is 8.84. The average molecular weight is 548 g/mol. The highest BCUT2D eigenvalue weighted by Gasteiger charge is 2.29. The third-order valence-corrected chi connectivity index (χ3v) is 7.46. The van der Waals surface area contributed by atoms with Crippen LogP contribution >= 0.6 is 0 Å². The van der Waals surface area contributed by atoms with Gasteiger partial charge >= 0.3 is 0 Å². The van der Waals surface area contributed by atoms with Crippen molar-refractivity contribution in [2.75, 3.05) is 13.6 Å². The number of carbonyl (C=O) groups is 1. The lowest BCUT2D eigenvalue weighted by Crippen LogP contribution is -2.32. The molecule has 38 heavy (non-hydrogen) atoms. The number of nitro benzene ring substituents is 1. The highest BCUT2D eigenvalue weighted by Crippen LogP contribution is 2.36. The number of non-ortho nitro benzene ring substituents is 1. The maximum Gasteiger partial charge on any atom is 0.274 e. The van der Waals surface area contributed by atoms with Gasteiger partial charge in [-0.2, -0.15) is 9.78 Å². The molecule has 1 amide bonds. The molecule has 0 aliphatic heterocycles. The van der Waals surface area contributed by atoms with E-state index in [9.17, 15) is 27.7 Å². The molecule has 0 spiro atoms. The maximum atomic E-state index is 13.6. The number of amides is 1. The smallest absolute Gasteiger partial charge is 0.274 e. The minimum Gasteiger partial charge on any atom is -0.437 e. The van der Waals surface area contributed by atoms with Crippen LogP contribution in [-0.4, -0.2) is 53.6 Å². The van der Waals surface area contributed by atoms with Crippen LogP contribution in [0, 0.1) is 22.9 Å². The standard InChI is InChI=1S/C25H30FN5O6S/c1-6-14-29(5)24(32)23-17(4)25(30(27-23)19-10-8-18(26)9-11-19)37-21-13-12-20(31(33)34)15-22(21)38(35,36)28-16(3)7-2/h8-13,15-16,28H,6-7,14H2,1-5H3/t16-/m0/s1. The first-order chi connectivity index (χ1) is 17.9. The van der Waals surface area contributed by atoms with Crippen LogP contribution in [0.15, 0.2) is 47.4 Å². The topological polar surface area (TPSA) is 137 Å². The predicted octanol–water partition coefficient (Wildman–Crippen LogP) is 4.58. The van der Waals surface area contributed by atoms with Crippen LogP contribution in [0.4, 0.5) is 10.1 Å². The van der Waals surface area contributed by atoms with E-state index >= 15 is 0 Å². The number of halogens is 1. The lowest BCUT2D eigenvalue weighted by molar-refractivity contribution is -0.385. The lowest BCUT2D eigenvalue weighted by atomic mass is 10.2. The Balaban J connectivity index is 2.21. The first-order valence-electron chi connectivity index (χ1n) is 12.0. The minimum atomic E-state index is -4.24. The van der Waals surface area contributed by atoms with Crippen molar-refractivity contribution < 1.29 is 27.3 Å². The summed E-state index contributed by atoms with van der Waals surface area (Å²) in [5.74, 6) is -1.08. The zero-order chi connectivity index (χ0) is 28.2. The van der Waals surface area contributed by atoms with Crippen molar-refractivity contribution >= 4 is 21.6 Å². The normalized spacial score (nSPS) is 12.3. The van der Waals surface area contributed by atoms with Crippen LogP contribution in [0.1, 0.15) is 49.7 Å². The molecule has 0 bridgehead atoms. The van der Waals surface area contributed by atoms with Gasteiger partial charge < -0.3 is 9.64 Å². The van der Waals surface area contributed by atoms with E-state index in [1.165, 1.54) is 39.9 Å². The van der Waals surface area contributed by atoms with E-state index < -0.39 is 37.4 Å². The van der Waals surface area contributed by atoms with Crippen molar-refractivity contribution in [2.45, 2.75) is 51.5 Å². The number of aromatic nitrogens is 2. The number of hydrogen-bond donors (Lipinski definition) is 1. The molecule has 3 rings (SSSR count). The summed E-state index contributed by atoms with van der Waals surface area (Å²) in [6.45, 7) is 7.44. The molecule has 1 atom stereocenters. The predicted molar refractivity (Wildman–Crippen MR) is 139 cm³/mol. The fraction of sp³-hybridized carbons (Fsp3) is 0.360. The Labute approximate surface area is 220 Å². The first-order valence-corrected chi connectivity index (χ1v) is 13.5. The van der Waals surface area contributed by atoms with Gasteiger partial charge in [0.1, 0.15) is 16.5 Å². The van der Waals surface area contributed by atoms with Gasteiger partial charge in [0.05, 0.1) is 10.6 Å². The molecule has 1 heterocycles. The van der Waals surface area contributed by atoms with Gasteiger partial charge in [-0.1, -0.05) is 13.8 Å². The molecular weight excluding hydrogens is 517 g/mol. The molecule has 0 fully saturated rings. The van der Waals surface area contributed by atoms with E-state index in [1.54, 1.807) is 27.8 Å². The van der Waals surface area contributed by atoms with Crippen molar-refractivity contribution in [1.82, 2.24) is 19.4 Å². The summed E-state index contributed by atoms with van der Waals surface area (Å²) in [5, 5.41) is 15.8. The summed E-state index contributed by atoms with van der Waals surface area (Å²) in [6.07, 6.45) is 1.20. The number of sulfonamides is 1. The van der Waals surface area contributed by atoms with Gasteiger partial charge in [-0.3, -0.25) is 14.9 Å². The van der Waals surface area contributed by atoms with Crippen LogP contribution in [0.3, 0.4) is 0 Å². The van der Waals surface area contributed by atoms with Gasteiger partial charge in [0, 0.05) is 37.3 Å². The zero-order valence-corrected chi connectivity index (χ0v) is 22.6. The average Bonchev–Trinajstić information content (AvgIpc) is 3.19. The van der Waals surface area contributed by atoms with Crippen molar-refractivity contribution in [3.63, 3.8) is 0 Å². The molecule has 0 aliphatic rings. The molecule has 13 heteroatoms. The number of nitro groups is 1. The number of nitrogens with zero attached hydrogens (tertiary/aromatic N) is 4. The second-order valence-corrected chi connectivity index (χ2v) is 10.5. The summed E-state index contributed by atoms with van der Waals surface area (Å²) in [4.78, 5) is 24.9. The number of benzene rings is 2. The van der Waals surface area contributed by atoms with Crippen LogP contribution in [0.25, 0.3) is 5.69 Å². The van der Waals surface area contributed by atoms with Gasteiger partial charge in [-0.15, -0.1) is 0 Å². The Hall–Kier alpha value is -3.84. The van der Waals surface area contributed by atoms with Crippen LogP contribution < -0.4 is 9.46 Å². The molecule has 0 saturated heterocycles. The molecule has 1 N–H and O–H groups in total. The van der Waals surface area contributed by atoms with Gasteiger partial charge in [-0.05, 0) is 57.0 Å². The van der Waals surface area contributed by atoms with Gasteiger partial charge in [0.15, 0.2) is 5.69 Å². The van der Waals surface area contributed by atoms with E-state index in [0.29, 0.717) is 24.2 Å². The number of carbonyl (C=O) groups excluding carboxylic acids is 1. The summed E-state index contributed by atoms with van der Waals surface area (Å²) in [6, 6.07) is 8.03. The monoisotopic (exact) mass is 547 g/mol. The molecule has 3 aromatic rings. The van der Waals surface area contributed by atoms with Gasteiger partial charge in [-0.25, -0.2) is 17.5 Å². The molecule has 0 radical (unpaired) electrons. The van der Waals surface area contributed by atoms with E-state index in [-0.39, 0.29) is 23.2 Å². The highest BCUT2D eigenvalue weighted by molar-refractivity contribution is 7.89. The fourth-order valence-corrected chi connectivity index (χ4v) is 5.07. The van der Waals surface area contributed by atoms with E-state index in [1.807, 2.05) is 6.92 Å². The SMILES string of the molecule is CCCN(C)C(=O)c1nn(-c2ccc(F)cc2)c(Oc2ccc([N+](=O)[O-])cc2S(=O)(=O)N[C@@H](C)CC)c1C. The highest BCUT2D eigenvalue weighted by atomic mass is 32.2. The molecule has 1 aromatic heterocycles. The summed E-state index contributed by atoms with van der Waals surface area (Å²) in [7, 11) is -2.61. The van der Waals surface area contributed by atoms with Crippen LogP contribution in [0.2, 0.25) is 0 Å². The third-order valence-electron chi connectivity index (χ3n) is 5.85. The second-order valence-electron chi connectivity index (χ2n) is 8.81. The van der Waals surface area contributed by atoms with Crippen molar-refractivity contribution in [2.24, 2.45) is 0 Å². The first kappa shape index (κ1) is 28.7. The largest absolute Gasteiger partial charge is 0.437 e. The van der Waals surface area contributed by atoms with Gasteiger partial charge in [0.25, 0.3) is 11.6 Å². The van der Waals surface area contributed by atoms with Crippen molar-refractivity contribution in [1.29, 1.82) is 0 Å². The Morgan fingerprint density at radius 3 is 2.47 bits per heavy atom. The molecule has 0 saturated carbocycles. The quantitative estimate of drug-likeness (QED) is 0.274. The number of hydrogen-bond acceptors (Lipinski definition) is 7. The summed E-state index contributed by atoms with van der Waals surface area (Å²) in [5.41, 5.74) is 0.275. The summed E-state index contributed by atoms with van der Waals surface area (Å²) >= 11 is 0. The Morgan fingerprint density at radius 2 is 1.89 bits per heavy atom. The fourth-order valence-electron chi connectivity index (χ4n) is 3.60. The number of rotatable bonds is 11. The van der Waals surface area contributed by atoms with Crippen molar-refractivity contribution in [3.05, 3.63) is 69.7 Å². The zero-order valence-electron chi connectivity index (χ0n) is 21.8. The third kappa shape index (κ3) is 6.17. The Bertz CT molecular complexity index is 1440. The molecular formula is C25H30FN5O6S. The van der Waals surface area contributed by atoms with Crippen molar-refractivity contribution in [3.8, 4) is 17.3 Å².